The van der Waals surface area contributed by atoms with Crippen molar-refractivity contribution in [3.63, 3.8) is 0 Å². The minimum absolute atomic E-state index is 0.0898. The van der Waals surface area contributed by atoms with Gasteiger partial charge in [-0.25, -0.2) is 4.57 Å². The summed E-state index contributed by atoms with van der Waals surface area (Å²) in [4.78, 5) is 22.9. The lowest BCUT2D eigenvalue weighted by molar-refractivity contribution is -0.123. The third-order valence-corrected chi connectivity index (χ3v) is 13.5. The van der Waals surface area contributed by atoms with E-state index in [1.165, 1.54) is 212 Å². The standard InChI is InChI=1S/C54H107N2O6P/c1-3-5-7-9-11-13-15-17-19-21-23-25-26-28-30-32-34-36-38-40-42-44-46-48-54(58)56-52(51-62-63(59,60)61-50-49-55)53(57)47-45-43-41-39-37-35-33-31-29-27-24-22-20-18-16-14-12-10-8-6-4-2/h15,17,21,23,52-53,57H,3-14,16,18-20,22,24-51,55H2,1-2H3,(H,56,58)(H,59,60)/b17-15-,23-21-. The molecule has 0 heterocycles. The summed E-state index contributed by atoms with van der Waals surface area (Å²) in [6.45, 7) is 4.24. The molecule has 0 saturated carbocycles. The van der Waals surface area contributed by atoms with Gasteiger partial charge in [0.1, 0.15) is 0 Å². The van der Waals surface area contributed by atoms with E-state index in [2.05, 4.69) is 43.5 Å². The van der Waals surface area contributed by atoms with Gasteiger partial charge in [0, 0.05) is 13.0 Å². The van der Waals surface area contributed by atoms with Crippen molar-refractivity contribution in [2.75, 3.05) is 19.8 Å². The van der Waals surface area contributed by atoms with Crippen LogP contribution in [0.5, 0.6) is 0 Å². The molecule has 3 atom stereocenters. The summed E-state index contributed by atoms with van der Waals surface area (Å²) in [5.41, 5.74) is 5.41. The second-order valence-corrected chi connectivity index (χ2v) is 20.2. The Morgan fingerprint density at radius 3 is 1.25 bits per heavy atom. The van der Waals surface area contributed by atoms with Gasteiger partial charge in [0.2, 0.25) is 5.91 Å². The van der Waals surface area contributed by atoms with Crippen molar-refractivity contribution >= 4 is 13.7 Å². The largest absolute Gasteiger partial charge is 0.472 e. The molecule has 0 spiro atoms. The number of amides is 1. The van der Waals surface area contributed by atoms with Crippen LogP contribution in [0.15, 0.2) is 24.3 Å². The maximum atomic E-state index is 12.9. The van der Waals surface area contributed by atoms with E-state index in [0.717, 1.165) is 44.9 Å². The molecule has 0 bridgehead atoms. The van der Waals surface area contributed by atoms with E-state index >= 15 is 0 Å². The van der Waals surface area contributed by atoms with Crippen molar-refractivity contribution in [1.82, 2.24) is 5.32 Å². The van der Waals surface area contributed by atoms with Gasteiger partial charge in [-0.1, -0.05) is 256 Å². The Hall–Kier alpha value is -1.02. The Balaban J connectivity index is 4.00. The first-order valence-electron chi connectivity index (χ1n) is 27.5. The molecule has 0 aromatic carbocycles. The number of hydrogen-bond donors (Lipinski definition) is 4. The van der Waals surface area contributed by atoms with Gasteiger partial charge in [-0.05, 0) is 44.9 Å². The van der Waals surface area contributed by atoms with Gasteiger partial charge in [0.25, 0.3) is 0 Å². The second-order valence-electron chi connectivity index (χ2n) is 18.8. The van der Waals surface area contributed by atoms with E-state index in [9.17, 15) is 19.4 Å². The Morgan fingerprint density at radius 1 is 0.524 bits per heavy atom. The van der Waals surface area contributed by atoms with Crippen LogP contribution >= 0.6 is 7.82 Å². The number of nitrogens with two attached hydrogens (primary N) is 1. The third-order valence-electron chi connectivity index (χ3n) is 12.6. The van der Waals surface area contributed by atoms with Gasteiger partial charge in [-0.2, -0.15) is 0 Å². The van der Waals surface area contributed by atoms with E-state index in [1.807, 2.05) is 0 Å². The number of carbonyl (C=O) groups excluding carboxylic acids is 1. The first-order valence-corrected chi connectivity index (χ1v) is 28.9. The van der Waals surface area contributed by atoms with Crippen molar-refractivity contribution in [2.45, 2.75) is 296 Å². The molecule has 0 saturated heterocycles. The van der Waals surface area contributed by atoms with Crippen molar-refractivity contribution in [3.8, 4) is 0 Å². The van der Waals surface area contributed by atoms with E-state index < -0.39 is 20.0 Å². The molecule has 63 heavy (non-hydrogen) atoms. The van der Waals surface area contributed by atoms with Crippen molar-refractivity contribution in [1.29, 1.82) is 0 Å². The monoisotopic (exact) mass is 911 g/mol. The zero-order valence-corrected chi connectivity index (χ0v) is 42.7. The lowest BCUT2D eigenvalue weighted by Crippen LogP contribution is -2.46. The van der Waals surface area contributed by atoms with Gasteiger partial charge in [-0.15, -0.1) is 0 Å². The van der Waals surface area contributed by atoms with Crippen LogP contribution in [0.1, 0.15) is 284 Å². The number of aliphatic hydroxyl groups excluding tert-OH is 1. The molecule has 0 aromatic heterocycles. The number of phosphoric acid groups is 1. The highest BCUT2D eigenvalue weighted by atomic mass is 31.2. The van der Waals surface area contributed by atoms with Gasteiger partial charge >= 0.3 is 7.82 Å². The smallest absolute Gasteiger partial charge is 0.391 e. The molecule has 374 valence electrons. The number of nitrogens with one attached hydrogen (secondary N) is 1. The maximum Gasteiger partial charge on any atom is 0.472 e. The minimum atomic E-state index is -4.32. The molecule has 0 aliphatic carbocycles. The predicted octanol–water partition coefficient (Wildman–Crippen LogP) is 16.5. The molecular weight excluding hydrogens is 804 g/mol. The van der Waals surface area contributed by atoms with Crippen molar-refractivity contribution < 1.29 is 28.4 Å². The maximum absolute atomic E-state index is 12.9. The minimum Gasteiger partial charge on any atom is -0.391 e. The molecule has 5 N–H and O–H groups in total. The van der Waals surface area contributed by atoms with E-state index in [4.69, 9.17) is 14.8 Å². The summed E-state index contributed by atoms with van der Waals surface area (Å²) in [6, 6.07) is -0.775. The van der Waals surface area contributed by atoms with Crippen LogP contribution in [0.25, 0.3) is 0 Å². The summed E-state index contributed by atoms with van der Waals surface area (Å²) in [7, 11) is -4.32. The Labute approximate surface area is 391 Å². The van der Waals surface area contributed by atoms with Crippen molar-refractivity contribution in [2.24, 2.45) is 5.73 Å². The highest BCUT2D eigenvalue weighted by molar-refractivity contribution is 7.47. The molecule has 9 heteroatoms. The molecule has 0 rings (SSSR count). The molecule has 8 nitrogen and oxygen atoms in total. The predicted molar refractivity (Wildman–Crippen MR) is 272 cm³/mol. The SMILES string of the molecule is CCCCCCC/C=C\C/C=C\CCCCCCCCCCCCCC(=O)NC(COP(=O)(O)OCCN)C(O)CCCCCCCCCCCCCCCCCCCCCCC. The molecule has 0 radical (unpaired) electrons. The lowest BCUT2D eigenvalue weighted by atomic mass is 10.0. The Bertz CT molecular complexity index is 1040. The number of unbranched alkanes of at least 4 members (excludes halogenated alkanes) is 36. The highest BCUT2D eigenvalue weighted by Gasteiger charge is 2.27. The summed E-state index contributed by atoms with van der Waals surface area (Å²) < 4.78 is 22.3. The summed E-state index contributed by atoms with van der Waals surface area (Å²) in [6.07, 6.45) is 60.6. The zero-order chi connectivity index (χ0) is 46.0. The number of rotatable bonds is 52. The number of phosphoric ester groups is 1. The quantitative estimate of drug-likeness (QED) is 0.0271. The number of carbonyl (C=O) groups is 1. The van der Waals surface area contributed by atoms with Crippen LogP contribution in [0.3, 0.4) is 0 Å². The third kappa shape index (κ3) is 48.7. The fraction of sp³-hybridized carbons (Fsp3) is 0.907. The Kier molecular flexibility index (Phi) is 49.6. The molecular formula is C54H107N2O6P. The average Bonchev–Trinajstić information content (AvgIpc) is 3.27. The summed E-state index contributed by atoms with van der Waals surface area (Å²) in [5, 5.41) is 13.9. The fourth-order valence-corrected chi connectivity index (χ4v) is 9.17. The Morgan fingerprint density at radius 2 is 0.873 bits per heavy atom. The zero-order valence-electron chi connectivity index (χ0n) is 41.8. The number of allylic oxidation sites excluding steroid dienone is 4. The number of aliphatic hydroxyl groups is 1. The molecule has 0 fully saturated rings. The van der Waals surface area contributed by atoms with Gasteiger partial charge in [0.05, 0.1) is 25.4 Å². The van der Waals surface area contributed by atoms with Crippen LogP contribution < -0.4 is 11.1 Å². The molecule has 0 aliphatic heterocycles. The molecule has 0 aliphatic rings. The molecule has 3 unspecified atom stereocenters. The summed E-state index contributed by atoms with van der Waals surface area (Å²) in [5.74, 6) is -0.159. The number of hydrogen-bond acceptors (Lipinski definition) is 6. The van der Waals surface area contributed by atoms with Crippen molar-refractivity contribution in [3.05, 3.63) is 24.3 Å². The first-order chi connectivity index (χ1) is 30.9. The van der Waals surface area contributed by atoms with Gasteiger partial charge in [0.15, 0.2) is 0 Å². The molecule has 1 amide bonds. The van der Waals surface area contributed by atoms with Gasteiger partial charge in [-0.3, -0.25) is 13.8 Å². The topological polar surface area (TPSA) is 131 Å². The second kappa shape index (κ2) is 50.4. The van der Waals surface area contributed by atoms with Crippen LogP contribution in [-0.2, 0) is 18.4 Å². The highest BCUT2D eigenvalue weighted by Crippen LogP contribution is 2.43. The fourth-order valence-electron chi connectivity index (χ4n) is 8.41. The molecule has 0 aromatic rings. The van der Waals surface area contributed by atoms with Crippen LogP contribution in [-0.4, -0.2) is 47.8 Å². The van der Waals surface area contributed by atoms with Gasteiger partial charge < -0.3 is 21.1 Å². The normalized spacial score (nSPS) is 13.9. The van der Waals surface area contributed by atoms with Crippen LogP contribution in [0.2, 0.25) is 0 Å². The van der Waals surface area contributed by atoms with E-state index in [-0.39, 0.29) is 25.7 Å². The van der Waals surface area contributed by atoms with Crippen LogP contribution in [0.4, 0.5) is 0 Å². The summed E-state index contributed by atoms with van der Waals surface area (Å²) >= 11 is 0. The van der Waals surface area contributed by atoms with E-state index in [1.54, 1.807) is 0 Å². The van der Waals surface area contributed by atoms with E-state index in [0.29, 0.717) is 12.8 Å². The lowest BCUT2D eigenvalue weighted by Gasteiger charge is -2.25. The van der Waals surface area contributed by atoms with Crippen LogP contribution in [0, 0.1) is 0 Å². The average molecular weight is 911 g/mol. The first kappa shape index (κ1) is 62.0.